The number of nitrogens with one attached hydrogen (secondary N) is 1. The molecule has 8 nitrogen and oxygen atoms in total. The number of rotatable bonds is 7. The van der Waals surface area contributed by atoms with Gasteiger partial charge in [-0.05, 0) is 50.4 Å². The van der Waals surface area contributed by atoms with Gasteiger partial charge in [0.2, 0.25) is 10.0 Å². The van der Waals surface area contributed by atoms with Gasteiger partial charge in [0.25, 0.3) is 5.91 Å². The van der Waals surface area contributed by atoms with E-state index < -0.39 is 10.0 Å². The van der Waals surface area contributed by atoms with Gasteiger partial charge in [0, 0.05) is 32.2 Å². The highest BCUT2D eigenvalue weighted by atomic mass is 32.2. The van der Waals surface area contributed by atoms with Crippen LogP contribution < -0.4 is 10.1 Å². The molecule has 0 aromatic heterocycles. The van der Waals surface area contributed by atoms with Crippen LogP contribution in [-0.2, 0) is 14.8 Å². The van der Waals surface area contributed by atoms with Crippen LogP contribution in [0.15, 0.2) is 23.1 Å². The van der Waals surface area contributed by atoms with Gasteiger partial charge in [0.05, 0.1) is 30.8 Å². The zero-order valence-electron chi connectivity index (χ0n) is 18.1. The molecule has 0 radical (unpaired) electrons. The third-order valence-corrected chi connectivity index (χ3v) is 7.57. The Kier molecular flexibility index (Phi) is 7.73. The van der Waals surface area contributed by atoms with E-state index in [4.69, 9.17) is 9.47 Å². The minimum Gasteiger partial charge on any atom is -0.496 e. The molecule has 30 heavy (non-hydrogen) atoms. The topological polar surface area (TPSA) is 88.2 Å². The number of amides is 1. The summed E-state index contributed by atoms with van der Waals surface area (Å²) in [6.45, 7) is 8.42. The fourth-order valence-electron chi connectivity index (χ4n) is 4.15. The number of morpholine rings is 1. The molecule has 0 spiro atoms. The molecule has 168 valence electrons. The Balaban J connectivity index is 1.73. The Morgan fingerprint density at radius 3 is 2.70 bits per heavy atom. The molecular weight excluding hydrogens is 406 g/mol. The van der Waals surface area contributed by atoms with Crippen LogP contribution in [0.5, 0.6) is 5.75 Å². The largest absolute Gasteiger partial charge is 0.496 e. The van der Waals surface area contributed by atoms with E-state index in [1.54, 1.807) is 6.07 Å². The molecular formula is C21H33N3O5S. The molecule has 1 amide bonds. The number of ether oxygens (including phenoxy) is 2. The van der Waals surface area contributed by atoms with Crippen LogP contribution in [0.2, 0.25) is 0 Å². The molecule has 1 N–H and O–H groups in total. The van der Waals surface area contributed by atoms with Crippen molar-refractivity contribution in [1.29, 1.82) is 0 Å². The molecule has 1 aromatic rings. The van der Waals surface area contributed by atoms with Crippen molar-refractivity contribution in [3.05, 3.63) is 23.8 Å². The van der Waals surface area contributed by atoms with E-state index in [2.05, 4.69) is 17.1 Å². The van der Waals surface area contributed by atoms with Crippen LogP contribution >= 0.6 is 0 Å². The van der Waals surface area contributed by atoms with Gasteiger partial charge in [-0.15, -0.1) is 0 Å². The van der Waals surface area contributed by atoms with Gasteiger partial charge in [-0.25, -0.2) is 8.42 Å². The van der Waals surface area contributed by atoms with E-state index in [1.807, 2.05) is 6.92 Å². The number of hydrogen-bond acceptors (Lipinski definition) is 6. The van der Waals surface area contributed by atoms with Crippen molar-refractivity contribution in [2.24, 2.45) is 5.92 Å². The molecule has 0 saturated carbocycles. The number of likely N-dealkylation sites (tertiary alicyclic amines) is 1. The highest BCUT2D eigenvalue weighted by Crippen LogP contribution is 2.25. The SMILES string of the molecule is COc1ccc(S(=O)(=O)N2CCOCC2)cc1C(=O)NC(C)CN1CCCC(C)C1. The summed E-state index contributed by atoms with van der Waals surface area (Å²) in [4.78, 5) is 15.4. The first-order chi connectivity index (χ1) is 14.3. The van der Waals surface area contributed by atoms with E-state index in [-0.39, 0.29) is 22.4 Å². The number of nitrogens with zero attached hydrogens (tertiary/aromatic N) is 2. The number of carbonyl (C=O) groups excluding carboxylic acids is 1. The number of methoxy groups -OCH3 is 1. The maximum absolute atomic E-state index is 13.0. The molecule has 9 heteroatoms. The van der Waals surface area contributed by atoms with E-state index in [0.29, 0.717) is 38.0 Å². The second-order valence-corrected chi connectivity index (χ2v) is 10.2. The van der Waals surface area contributed by atoms with Crippen LogP contribution in [0, 0.1) is 5.92 Å². The highest BCUT2D eigenvalue weighted by Gasteiger charge is 2.28. The number of benzene rings is 1. The quantitative estimate of drug-likeness (QED) is 0.694. The smallest absolute Gasteiger partial charge is 0.255 e. The molecule has 2 unspecified atom stereocenters. The molecule has 0 bridgehead atoms. The summed E-state index contributed by atoms with van der Waals surface area (Å²) in [5.74, 6) is 0.694. The van der Waals surface area contributed by atoms with Crippen LogP contribution in [0.25, 0.3) is 0 Å². The summed E-state index contributed by atoms with van der Waals surface area (Å²) in [6.07, 6.45) is 2.43. The summed E-state index contributed by atoms with van der Waals surface area (Å²) in [5.41, 5.74) is 0.227. The second kappa shape index (κ2) is 10.1. The molecule has 2 saturated heterocycles. The number of carbonyl (C=O) groups is 1. The van der Waals surface area contributed by atoms with Gasteiger partial charge in [0.1, 0.15) is 5.75 Å². The lowest BCUT2D eigenvalue weighted by Crippen LogP contribution is -2.45. The first kappa shape index (κ1) is 23.0. The predicted molar refractivity (Wildman–Crippen MR) is 114 cm³/mol. The van der Waals surface area contributed by atoms with E-state index >= 15 is 0 Å². The fraction of sp³-hybridized carbons (Fsp3) is 0.667. The molecule has 1 aromatic carbocycles. The molecule has 2 aliphatic rings. The maximum atomic E-state index is 13.0. The number of sulfonamides is 1. The lowest BCUT2D eigenvalue weighted by molar-refractivity contribution is 0.0730. The van der Waals surface area contributed by atoms with Gasteiger partial charge in [-0.1, -0.05) is 6.92 Å². The number of piperidine rings is 1. The molecule has 2 fully saturated rings. The number of hydrogen-bond donors (Lipinski definition) is 1. The zero-order valence-corrected chi connectivity index (χ0v) is 18.9. The van der Waals surface area contributed by atoms with Crippen molar-refractivity contribution in [2.45, 2.75) is 37.6 Å². The van der Waals surface area contributed by atoms with Gasteiger partial charge < -0.3 is 19.7 Å². The average Bonchev–Trinajstić information content (AvgIpc) is 2.73. The summed E-state index contributed by atoms with van der Waals surface area (Å²) in [5, 5.41) is 3.00. The molecule has 0 aliphatic carbocycles. The average molecular weight is 440 g/mol. The Bertz CT molecular complexity index is 839. The first-order valence-electron chi connectivity index (χ1n) is 10.6. The van der Waals surface area contributed by atoms with Crippen LogP contribution in [0.4, 0.5) is 0 Å². The van der Waals surface area contributed by atoms with Crippen LogP contribution in [0.3, 0.4) is 0 Å². The third-order valence-electron chi connectivity index (χ3n) is 5.67. The van der Waals surface area contributed by atoms with Crippen molar-refractivity contribution >= 4 is 15.9 Å². The van der Waals surface area contributed by atoms with E-state index in [9.17, 15) is 13.2 Å². The molecule has 3 rings (SSSR count). The first-order valence-corrected chi connectivity index (χ1v) is 12.0. The summed E-state index contributed by atoms with van der Waals surface area (Å²) in [6, 6.07) is 4.37. The fourth-order valence-corrected chi connectivity index (χ4v) is 5.58. The normalized spacial score (nSPS) is 22.4. The van der Waals surface area contributed by atoms with Gasteiger partial charge in [0.15, 0.2) is 0 Å². The van der Waals surface area contributed by atoms with Gasteiger partial charge in [-0.3, -0.25) is 4.79 Å². The van der Waals surface area contributed by atoms with Crippen LogP contribution in [0.1, 0.15) is 37.0 Å². The van der Waals surface area contributed by atoms with Gasteiger partial charge in [-0.2, -0.15) is 4.31 Å². The Hall–Kier alpha value is -1.68. The van der Waals surface area contributed by atoms with Crippen molar-refractivity contribution in [3.63, 3.8) is 0 Å². The summed E-state index contributed by atoms with van der Waals surface area (Å²) >= 11 is 0. The minimum atomic E-state index is -3.69. The van der Waals surface area contributed by atoms with E-state index in [1.165, 1.54) is 36.4 Å². The molecule has 2 atom stereocenters. The van der Waals surface area contributed by atoms with Crippen molar-refractivity contribution < 1.29 is 22.7 Å². The zero-order chi connectivity index (χ0) is 21.7. The van der Waals surface area contributed by atoms with Crippen molar-refractivity contribution in [2.75, 3.05) is 53.0 Å². The third kappa shape index (κ3) is 5.51. The molecule has 2 aliphatic heterocycles. The Morgan fingerprint density at radius 1 is 1.30 bits per heavy atom. The van der Waals surface area contributed by atoms with Crippen molar-refractivity contribution in [3.8, 4) is 5.75 Å². The summed E-state index contributed by atoms with van der Waals surface area (Å²) in [7, 11) is -2.22. The Labute approximate surface area is 179 Å². The lowest BCUT2D eigenvalue weighted by Gasteiger charge is -2.32. The van der Waals surface area contributed by atoms with Gasteiger partial charge >= 0.3 is 0 Å². The standard InChI is InChI=1S/C21H33N3O5S/c1-16-5-4-8-23(14-16)15-17(2)22-21(25)19-13-18(6-7-20(19)28-3)30(26,27)24-9-11-29-12-10-24/h6-7,13,16-17H,4-5,8-12,14-15H2,1-3H3,(H,22,25). The van der Waals surface area contributed by atoms with E-state index in [0.717, 1.165) is 19.6 Å². The Morgan fingerprint density at radius 2 is 2.03 bits per heavy atom. The monoisotopic (exact) mass is 439 g/mol. The minimum absolute atomic E-state index is 0.0630. The second-order valence-electron chi connectivity index (χ2n) is 8.26. The van der Waals surface area contributed by atoms with Crippen molar-refractivity contribution in [1.82, 2.24) is 14.5 Å². The predicted octanol–water partition coefficient (Wildman–Crippen LogP) is 1.57. The van der Waals surface area contributed by atoms with Crippen LogP contribution in [-0.4, -0.2) is 82.6 Å². The maximum Gasteiger partial charge on any atom is 0.255 e. The molecule has 2 heterocycles. The lowest BCUT2D eigenvalue weighted by atomic mass is 10.00. The summed E-state index contributed by atoms with van der Waals surface area (Å²) < 4.78 is 37.9. The highest BCUT2D eigenvalue weighted by molar-refractivity contribution is 7.89.